The van der Waals surface area contributed by atoms with E-state index < -0.39 is 11.7 Å². The molecule has 0 saturated carbocycles. The lowest BCUT2D eigenvalue weighted by atomic mass is 10.1. The smallest absolute Gasteiger partial charge is 0.253 e. The number of hydrogen-bond acceptors (Lipinski definition) is 3. The molecule has 0 radical (unpaired) electrons. The Morgan fingerprint density at radius 1 is 0.968 bits per heavy atom. The third-order valence-electron chi connectivity index (χ3n) is 6.11. The van der Waals surface area contributed by atoms with Gasteiger partial charge in [-0.25, -0.2) is 4.39 Å². The van der Waals surface area contributed by atoms with Crippen molar-refractivity contribution in [3.63, 3.8) is 0 Å². The Balaban J connectivity index is 1.34. The molecule has 2 aromatic carbocycles. The van der Waals surface area contributed by atoms with E-state index in [1.54, 1.807) is 28.0 Å². The lowest BCUT2D eigenvalue weighted by Gasteiger charge is -2.36. The van der Waals surface area contributed by atoms with Crippen LogP contribution in [0.3, 0.4) is 0 Å². The maximum Gasteiger partial charge on any atom is 0.253 e. The second-order valence-electron chi connectivity index (χ2n) is 8.02. The fraction of sp³-hybridized carbons (Fsp3) is 0.375. The van der Waals surface area contributed by atoms with Crippen LogP contribution in [0.4, 0.5) is 10.1 Å². The van der Waals surface area contributed by atoms with Crippen LogP contribution in [-0.2, 0) is 16.0 Å². The van der Waals surface area contributed by atoms with E-state index >= 15 is 0 Å². The molecule has 0 spiro atoms. The van der Waals surface area contributed by atoms with Gasteiger partial charge >= 0.3 is 0 Å². The third-order valence-corrected chi connectivity index (χ3v) is 6.11. The Bertz CT molecular complexity index is 984. The summed E-state index contributed by atoms with van der Waals surface area (Å²) in [5, 5.41) is 0. The van der Waals surface area contributed by atoms with Crippen molar-refractivity contribution in [2.24, 2.45) is 5.92 Å². The molecule has 0 aromatic heterocycles. The van der Waals surface area contributed by atoms with Crippen molar-refractivity contribution in [2.45, 2.75) is 19.8 Å². The van der Waals surface area contributed by atoms with Gasteiger partial charge in [0.25, 0.3) is 5.91 Å². The van der Waals surface area contributed by atoms with Gasteiger partial charge < -0.3 is 14.7 Å². The number of nitrogens with zero attached hydrogens (tertiary/aromatic N) is 3. The fourth-order valence-electron chi connectivity index (χ4n) is 4.23. The lowest BCUT2D eigenvalue weighted by molar-refractivity contribution is -0.137. The zero-order valence-electron chi connectivity index (χ0n) is 17.6. The predicted octanol–water partition coefficient (Wildman–Crippen LogP) is 2.73. The minimum atomic E-state index is -0.490. The van der Waals surface area contributed by atoms with Gasteiger partial charge in [0.1, 0.15) is 5.82 Å². The van der Waals surface area contributed by atoms with Crippen molar-refractivity contribution >= 4 is 23.4 Å². The van der Waals surface area contributed by atoms with Crippen molar-refractivity contribution in [3.05, 3.63) is 65.5 Å². The van der Waals surface area contributed by atoms with Gasteiger partial charge in [0.2, 0.25) is 11.8 Å². The number of para-hydroxylation sites is 1. The van der Waals surface area contributed by atoms with Crippen LogP contribution in [0.2, 0.25) is 0 Å². The first kappa shape index (κ1) is 21.0. The summed E-state index contributed by atoms with van der Waals surface area (Å²) in [6, 6.07) is 13.7. The van der Waals surface area contributed by atoms with Crippen LogP contribution in [0.15, 0.2) is 48.5 Å². The van der Waals surface area contributed by atoms with Crippen LogP contribution in [0.5, 0.6) is 0 Å². The van der Waals surface area contributed by atoms with Crippen molar-refractivity contribution in [1.29, 1.82) is 0 Å². The van der Waals surface area contributed by atoms with Crippen LogP contribution in [0, 0.1) is 11.7 Å². The summed E-state index contributed by atoms with van der Waals surface area (Å²) in [6.07, 6.45) is 1.00. The molecule has 6 nitrogen and oxygen atoms in total. The van der Waals surface area contributed by atoms with Crippen LogP contribution in [0.1, 0.15) is 29.3 Å². The summed E-state index contributed by atoms with van der Waals surface area (Å²) in [5.41, 5.74) is 2.05. The highest BCUT2D eigenvalue weighted by molar-refractivity contribution is 6.00. The quantitative estimate of drug-likeness (QED) is 0.760. The summed E-state index contributed by atoms with van der Waals surface area (Å²) < 4.78 is 14.1. The molecule has 2 saturated heterocycles. The van der Waals surface area contributed by atoms with E-state index in [1.165, 1.54) is 16.5 Å². The molecule has 2 aromatic rings. The Labute approximate surface area is 181 Å². The van der Waals surface area contributed by atoms with Gasteiger partial charge in [-0.05, 0) is 36.2 Å². The number of amides is 3. The van der Waals surface area contributed by atoms with Crippen molar-refractivity contribution in [1.82, 2.24) is 9.80 Å². The molecule has 2 fully saturated rings. The predicted molar refractivity (Wildman–Crippen MR) is 115 cm³/mol. The number of aryl methyl sites for hydroxylation is 1. The van der Waals surface area contributed by atoms with Crippen LogP contribution < -0.4 is 4.90 Å². The zero-order valence-corrected chi connectivity index (χ0v) is 17.6. The van der Waals surface area contributed by atoms with Crippen LogP contribution >= 0.6 is 0 Å². The summed E-state index contributed by atoms with van der Waals surface area (Å²) in [5.74, 6) is -1.34. The average Bonchev–Trinajstić information content (AvgIpc) is 3.20. The highest BCUT2D eigenvalue weighted by Crippen LogP contribution is 2.28. The Hall–Kier alpha value is -3.22. The van der Waals surface area contributed by atoms with Crippen LogP contribution in [0.25, 0.3) is 0 Å². The molecular formula is C24H26FN3O3. The van der Waals surface area contributed by atoms with E-state index in [9.17, 15) is 18.8 Å². The Morgan fingerprint density at radius 3 is 2.26 bits per heavy atom. The molecule has 1 atom stereocenters. The summed E-state index contributed by atoms with van der Waals surface area (Å²) in [6.45, 7) is 4.03. The highest BCUT2D eigenvalue weighted by Gasteiger charge is 2.39. The molecule has 0 N–H and O–H groups in total. The fourth-order valence-corrected chi connectivity index (χ4v) is 4.23. The van der Waals surface area contributed by atoms with E-state index in [2.05, 4.69) is 6.92 Å². The van der Waals surface area contributed by atoms with Crippen molar-refractivity contribution < 1.29 is 18.8 Å². The molecule has 7 heteroatoms. The van der Waals surface area contributed by atoms with E-state index in [0.717, 1.165) is 6.42 Å². The molecule has 1 unspecified atom stereocenters. The van der Waals surface area contributed by atoms with Crippen molar-refractivity contribution in [3.8, 4) is 0 Å². The van der Waals surface area contributed by atoms with Crippen LogP contribution in [-0.4, -0.2) is 60.2 Å². The monoisotopic (exact) mass is 423 g/mol. The Morgan fingerprint density at radius 2 is 1.61 bits per heavy atom. The first-order valence-electron chi connectivity index (χ1n) is 10.7. The lowest BCUT2D eigenvalue weighted by Crippen LogP contribution is -2.52. The van der Waals surface area contributed by atoms with E-state index in [-0.39, 0.29) is 36.4 Å². The highest BCUT2D eigenvalue weighted by atomic mass is 19.1. The molecule has 0 aliphatic carbocycles. The maximum atomic E-state index is 14.1. The number of carbonyl (C=O) groups excluding carboxylic acids is 3. The molecule has 2 aliphatic heterocycles. The first-order chi connectivity index (χ1) is 15.0. The molecular weight excluding hydrogens is 397 g/mol. The molecule has 2 aliphatic rings. The first-order valence-corrected chi connectivity index (χ1v) is 10.7. The maximum absolute atomic E-state index is 14.1. The largest absolute Gasteiger partial charge is 0.339 e. The van der Waals surface area contributed by atoms with E-state index in [1.807, 2.05) is 24.3 Å². The van der Waals surface area contributed by atoms with Gasteiger partial charge in [-0.15, -0.1) is 0 Å². The van der Waals surface area contributed by atoms with Gasteiger partial charge in [-0.2, -0.15) is 0 Å². The number of piperazine rings is 1. The molecule has 4 rings (SSSR count). The summed E-state index contributed by atoms with van der Waals surface area (Å²) >= 11 is 0. The summed E-state index contributed by atoms with van der Waals surface area (Å²) in [4.78, 5) is 43.0. The van der Waals surface area contributed by atoms with E-state index in [0.29, 0.717) is 31.7 Å². The third kappa shape index (κ3) is 4.31. The number of benzene rings is 2. The normalized spacial score (nSPS) is 19.1. The molecule has 3 amide bonds. The topological polar surface area (TPSA) is 60.9 Å². The van der Waals surface area contributed by atoms with Gasteiger partial charge in [-0.3, -0.25) is 14.4 Å². The van der Waals surface area contributed by atoms with Crippen molar-refractivity contribution in [2.75, 3.05) is 37.6 Å². The number of hydrogen-bond donors (Lipinski definition) is 0. The van der Waals surface area contributed by atoms with Gasteiger partial charge in [0.15, 0.2) is 0 Å². The standard InChI is InChI=1S/C24H26FN3O3/c1-2-17-7-9-18(10-8-17)23(30)26-11-13-27(14-12-26)24(31)19-15-22(29)28(16-19)21-6-4-3-5-20(21)25/h3-10,19H,2,11-16H2,1H3. The number of carbonyl (C=O) groups is 3. The zero-order chi connectivity index (χ0) is 22.0. The van der Waals surface area contributed by atoms with E-state index in [4.69, 9.17) is 0 Å². The molecule has 0 bridgehead atoms. The number of anilines is 1. The van der Waals surface area contributed by atoms with Gasteiger partial charge in [0.05, 0.1) is 11.6 Å². The molecule has 31 heavy (non-hydrogen) atoms. The molecule has 2 heterocycles. The number of halogens is 1. The minimum absolute atomic E-state index is 0.0310. The number of rotatable bonds is 4. The molecule has 162 valence electrons. The second-order valence-corrected chi connectivity index (χ2v) is 8.02. The SMILES string of the molecule is CCc1ccc(C(=O)N2CCN(C(=O)C3CC(=O)N(c4ccccc4F)C3)CC2)cc1. The Kier molecular flexibility index (Phi) is 6.02. The minimum Gasteiger partial charge on any atom is -0.339 e. The van der Waals surface area contributed by atoms with Gasteiger partial charge in [-0.1, -0.05) is 31.2 Å². The second kappa shape index (κ2) is 8.88. The van der Waals surface area contributed by atoms with Gasteiger partial charge in [0, 0.05) is 44.7 Å². The summed E-state index contributed by atoms with van der Waals surface area (Å²) in [7, 11) is 0. The average molecular weight is 423 g/mol.